The van der Waals surface area contributed by atoms with Gasteiger partial charge in [-0.2, -0.15) is 0 Å². The van der Waals surface area contributed by atoms with E-state index in [0.29, 0.717) is 13.1 Å². The fourth-order valence-electron chi connectivity index (χ4n) is 3.33. The van der Waals surface area contributed by atoms with E-state index in [-0.39, 0.29) is 30.2 Å². The highest BCUT2D eigenvalue weighted by Crippen LogP contribution is 2.27. The molecule has 3 rings (SSSR count). The number of rotatable bonds is 6. The van der Waals surface area contributed by atoms with Crippen LogP contribution in [0.25, 0.3) is 0 Å². The first-order chi connectivity index (χ1) is 12.9. The molecule has 5 nitrogen and oxygen atoms in total. The summed E-state index contributed by atoms with van der Waals surface area (Å²) in [6, 6.07) is 17.4. The van der Waals surface area contributed by atoms with E-state index in [9.17, 15) is 9.59 Å². The lowest BCUT2D eigenvalue weighted by Crippen LogP contribution is -2.39. The van der Waals surface area contributed by atoms with Crippen LogP contribution < -0.4 is 10.2 Å². The van der Waals surface area contributed by atoms with Crippen molar-refractivity contribution in [3.05, 3.63) is 64.6 Å². The van der Waals surface area contributed by atoms with Gasteiger partial charge < -0.3 is 15.1 Å². The molecule has 0 radical (unpaired) electrons. The molecule has 1 fully saturated rings. The zero-order valence-corrected chi connectivity index (χ0v) is 17.1. The summed E-state index contributed by atoms with van der Waals surface area (Å²) < 4.78 is 0.960. The number of likely N-dealkylation sites (N-methyl/N-ethyl adjacent to an activating group) is 1. The minimum Gasteiger partial charge on any atom is -0.348 e. The molecule has 0 aliphatic carbocycles. The Morgan fingerprint density at radius 3 is 2.48 bits per heavy atom. The van der Waals surface area contributed by atoms with Crippen molar-refractivity contribution in [2.45, 2.75) is 12.5 Å². The predicted octanol–water partition coefficient (Wildman–Crippen LogP) is 3.22. The fourth-order valence-corrected chi connectivity index (χ4v) is 3.59. The molecule has 142 valence electrons. The maximum absolute atomic E-state index is 12.9. The van der Waals surface area contributed by atoms with Crippen LogP contribution in [0.3, 0.4) is 0 Å². The van der Waals surface area contributed by atoms with E-state index < -0.39 is 0 Å². The van der Waals surface area contributed by atoms with Gasteiger partial charge in [0.05, 0.1) is 12.0 Å². The molecule has 2 aromatic carbocycles. The van der Waals surface area contributed by atoms with Crippen molar-refractivity contribution in [1.29, 1.82) is 0 Å². The van der Waals surface area contributed by atoms with E-state index >= 15 is 0 Å². The molecule has 2 atom stereocenters. The van der Waals surface area contributed by atoms with Crippen LogP contribution >= 0.6 is 15.9 Å². The number of halogens is 1. The largest absolute Gasteiger partial charge is 0.348 e. The molecule has 0 spiro atoms. The van der Waals surface area contributed by atoms with Gasteiger partial charge in [0.25, 0.3) is 0 Å². The minimum absolute atomic E-state index is 0.0126. The lowest BCUT2D eigenvalue weighted by atomic mass is 10.0. The van der Waals surface area contributed by atoms with Crippen molar-refractivity contribution in [3.63, 3.8) is 0 Å². The Morgan fingerprint density at radius 2 is 1.85 bits per heavy atom. The molecule has 27 heavy (non-hydrogen) atoms. The number of anilines is 1. The average molecular weight is 430 g/mol. The van der Waals surface area contributed by atoms with Gasteiger partial charge in [-0.1, -0.05) is 46.3 Å². The summed E-state index contributed by atoms with van der Waals surface area (Å²) in [5.74, 6) is -0.422. The summed E-state index contributed by atoms with van der Waals surface area (Å²) in [5, 5.41) is 3.14. The molecule has 1 aliphatic rings. The van der Waals surface area contributed by atoms with Gasteiger partial charge in [0.1, 0.15) is 0 Å². The number of hydrogen-bond acceptors (Lipinski definition) is 3. The summed E-state index contributed by atoms with van der Waals surface area (Å²) in [6.45, 7) is 1.11. The standard InChI is InChI=1S/C21H24BrN3O2/c1-24(2)14-19(15-6-4-3-5-7-15)23-21(27)16-12-20(26)25(13-16)18-10-8-17(22)9-11-18/h3-11,16,19H,12-14H2,1-2H3,(H,23,27)/t16-,19+/m1/s1. The maximum Gasteiger partial charge on any atom is 0.227 e. The molecule has 0 bridgehead atoms. The molecule has 1 saturated heterocycles. The summed E-state index contributed by atoms with van der Waals surface area (Å²) in [5.41, 5.74) is 1.89. The van der Waals surface area contributed by atoms with E-state index in [2.05, 4.69) is 21.2 Å². The molecule has 2 amide bonds. The average Bonchev–Trinajstić information content (AvgIpc) is 3.04. The Kier molecular flexibility index (Phi) is 6.29. The van der Waals surface area contributed by atoms with Gasteiger partial charge in [0, 0.05) is 29.7 Å². The summed E-state index contributed by atoms with van der Waals surface area (Å²) in [4.78, 5) is 29.0. The molecular weight excluding hydrogens is 406 g/mol. The molecule has 0 aromatic heterocycles. The Hall–Kier alpha value is -2.18. The first kappa shape index (κ1) is 19.6. The fraction of sp³-hybridized carbons (Fsp3) is 0.333. The van der Waals surface area contributed by atoms with Crippen LogP contribution in [0.2, 0.25) is 0 Å². The van der Waals surface area contributed by atoms with Crippen molar-refractivity contribution < 1.29 is 9.59 Å². The van der Waals surface area contributed by atoms with Crippen LogP contribution in [0.4, 0.5) is 5.69 Å². The number of hydrogen-bond donors (Lipinski definition) is 1. The predicted molar refractivity (Wildman–Crippen MR) is 110 cm³/mol. The van der Waals surface area contributed by atoms with Crippen molar-refractivity contribution in [2.75, 3.05) is 32.1 Å². The molecule has 6 heteroatoms. The lowest BCUT2D eigenvalue weighted by Gasteiger charge is -2.24. The number of carbonyl (C=O) groups excluding carboxylic acids is 2. The molecule has 1 heterocycles. The van der Waals surface area contributed by atoms with Crippen LogP contribution in [-0.2, 0) is 9.59 Å². The maximum atomic E-state index is 12.9. The third-order valence-electron chi connectivity index (χ3n) is 4.70. The van der Waals surface area contributed by atoms with Crippen LogP contribution in [0, 0.1) is 5.92 Å². The van der Waals surface area contributed by atoms with Crippen molar-refractivity contribution in [1.82, 2.24) is 10.2 Å². The second-order valence-corrected chi connectivity index (χ2v) is 8.03. The summed E-state index contributed by atoms with van der Waals surface area (Å²) in [7, 11) is 3.97. The summed E-state index contributed by atoms with van der Waals surface area (Å²) in [6.07, 6.45) is 0.241. The number of amides is 2. The Bertz CT molecular complexity index is 793. The van der Waals surface area contributed by atoms with Crippen molar-refractivity contribution in [3.8, 4) is 0 Å². The molecular formula is C21H24BrN3O2. The van der Waals surface area contributed by atoms with Crippen LogP contribution in [0.15, 0.2) is 59.1 Å². The van der Waals surface area contributed by atoms with E-state index in [0.717, 1.165) is 15.7 Å². The smallest absolute Gasteiger partial charge is 0.227 e. The highest BCUT2D eigenvalue weighted by molar-refractivity contribution is 9.10. The second kappa shape index (κ2) is 8.67. The van der Waals surface area contributed by atoms with E-state index in [1.165, 1.54) is 0 Å². The van der Waals surface area contributed by atoms with Crippen LogP contribution in [0.1, 0.15) is 18.0 Å². The number of nitrogens with one attached hydrogen (secondary N) is 1. The van der Waals surface area contributed by atoms with Crippen LogP contribution in [0.5, 0.6) is 0 Å². The van der Waals surface area contributed by atoms with Gasteiger partial charge in [-0.3, -0.25) is 9.59 Å². The monoisotopic (exact) mass is 429 g/mol. The van der Waals surface area contributed by atoms with Gasteiger partial charge in [-0.15, -0.1) is 0 Å². The normalized spacial score (nSPS) is 18.0. The highest BCUT2D eigenvalue weighted by atomic mass is 79.9. The van der Waals surface area contributed by atoms with Gasteiger partial charge in [0.2, 0.25) is 11.8 Å². The lowest BCUT2D eigenvalue weighted by molar-refractivity contribution is -0.127. The number of carbonyl (C=O) groups is 2. The first-order valence-electron chi connectivity index (χ1n) is 9.00. The first-order valence-corrected chi connectivity index (χ1v) is 9.79. The van der Waals surface area contributed by atoms with Crippen molar-refractivity contribution in [2.24, 2.45) is 5.92 Å². The van der Waals surface area contributed by atoms with Gasteiger partial charge >= 0.3 is 0 Å². The molecule has 0 saturated carbocycles. The third kappa shape index (κ3) is 4.96. The van der Waals surface area contributed by atoms with E-state index in [4.69, 9.17) is 0 Å². The van der Waals surface area contributed by atoms with Gasteiger partial charge in [-0.05, 0) is 43.9 Å². The zero-order valence-electron chi connectivity index (χ0n) is 15.6. The second-order valence-electron chi connectivity index (χ2n) is 7.12. The van der Waals surface area contributed by atoms with Gasteiger partial charge in [-0.25, -0.2) is 0 Å². The van der Waals surface area contributed by atoms with Crippen LogP contribution in [-0.4, -0.2) is 43.9 Å². The van der Waals surface area contributed by atoms with E-state index in [1.54, 1.807) is 4.90 Å². The number of benzene rings is 2. The topological polar surface area (TPSA) is 52.7 Å². The Labute approximate surface area is 168 Å². The third-order valence-corrected chi connectivity index (χ3v) is 5.23. The Morgan fingerprint density at radius 1 is 1.19 bits per heavy atom. The minimum atomic E-state index is -0.338. The quantitative estimate of drug-likeness (QED) is 0.766. The van der Waals surface area contributed by atoms with Gasteiger partial charge in [0.15, 0.2) is 0 Å². The molecule has 1 aliphatic heterocycles. The van der Waals surface area contributed by atoms with E-state index in [1.807, 2.05) is 73.6 Å². The summed E-state index contributed by atoms with van der Waals surface area (Å²) >= 11 is 3.40. The molecule has 0 unspecified atom stereocenters. The highest BCUT2D eigenvalue weighted by Gasteiger charge is 2.36. The molecule has 1 N–H and O–H groups in total. The SMILES string of the molecule is CN(C)C[C@H](NC(=O)[C@@H]1CC(=O)N(c2ccc(Br)cc2)C1)c1ccccc1. The molecule has 2 aromatic rings. The number of nitrogens with zero attached hydrogens (tertiary/aromatic N) is 2. The Balaban J connectivity index is 1.69. The van der Waals surface area contributed by atoms with Crippen molar-refractivity contribution >= 4 is 33.4 Å². The zero-order chi connectivity index (χ0) is 19.4.